The van der Waals surface area contributed by atoms with Crippen LogP contribution in [0.3, 0.4) is 0 Å². The van der Waals surface area contributed by atoms with Crippen LogP contribution in [0.2, 0.25) is 5.02 Å². The van der Waals surface area contributed by atoms with E-state index in [1.54, 1.807) is 6.92 Å². The summed E-state index contributed by atoms with van der Waals surface area (Å²) in [5, 5.41) is 0.471. The molecule has 0 bridgehead atoms. The molecule has 0 aromatic heterocycles. The molecule has 21 heavy (non-hydrogen) atoms. The monoisotopic (exact) mass is 331 g/mol. The second-order valence-electron chi connectivity index (χ2n) is 4.97. The number of nitrogens with one attached hydrogen (secondary N) is 1. The SMILES string of the molecule is CCOC(=O)[C@H]1CCC[C@H]1NS(=O)(=O)c1ccc(Cl)cc1. The number of rotatable bonds is 5. The van der Waals surface area contributed by atoms with Gasteiger partial charge in [0.2, 0.25) is 10.0 Å². The fourth-order valence-electron chi connectivity index (χ4n) is 2.51. The van der Waals surface area contributed by atoms with Gasteiger partial charge in [-0.15, -0.1) is 0 Å². The van der Waals surface area contributed by atoms with Crippen molar-refractivity contribution in [3.63, 3.8) is 0 Å². The van der Waals surface area contributed by atoms with Crippen molar-refractivity contribution >= 4 is 27.6 Å². The Hall–Kier alpha value is -1.11. The molecular formula is C14H18ClNO4S. The second kappa shape index (κ2) is 6.77. The lowest BCUT2D eigenvalue weighted by molar-refractivity contribution is -0.148. The van der Waals surface area contributed by atoms with E-state index in [1.807, 2.05) is 0 Å². The topological polar surface area (TPSA) is 72.5 Å². The lowest BCUT2D eigenvalue weighted by Crippen LogP contribution is -2.40. The molecule has 1 fully saturated rings. The van der Waals surface area contributed by atoms with Crippen LogP contribution >= 0.6 is 11.6 Å². The molecule has 0 heterocycles. The normalized spacial score (nSPS) is 22.2. The van der Waals surface area contributed by atoms with Crippen LogP contribution in [0.5, 0.6) is 0 Å². The maximum Gasteiger partial charge on any atom is 0.310 e. The largest absolute Gasteiger partial charge is 0.466 e. The van der Waals surface area contributed by atoms with Crippen LogP contribution in [-0.4, -0.2) is 27.0 Å². The van der Waals surface area contributed by atoms with Crippen molar-refractivity contribution in [1.29, 1.82) is 0 Å². The van der Waals surface area contributed by atoms with Crippen molar-refractivity contribution in [2.45, 2.75) is 37.1 Å². The van der Waals surface area contributed by atoms with Gasteiger partial charge in [0.15, 0.2) is 0 Å². The Morgan fingerprint density at radius 2 is 2.00 bits per heavy atom. The molecule has 1 aliphatic carbocycles. The van der Waals surface area contributed by atoms with Crippen molar-refractivity contribution in [3.05, 3.63) is 29.3 Å². The van der Waals surface area contributed by atoms with E-state index in [2.05, 4.69) is 4.72 Å². The van der Waals surface area contributed by atoms with Gasteiger partial charge in [-0.2, -0.15) is 0 Å². The first-order chi connectivity index (χ1) is 9.94. The summed E-state index contributed by atoms with van der Waals surface area (Å²) < 4.78 is 32.2. The molecular weight excluding hydrogens is 314 g/mol. The number of hydrogen-bond donors (Lipinski definition) is 1. The first-order valence-electron chi connectivity index (χ1n) is 6.88. The summed E-state index contributed by atoms with van der Waals surface area (Å²) in [5.41, 5.74) is 0. The zero-order valence-electron chi connectivity index (χ0n) is 11.7. The summed E-state index contributed by atoms with van der Waals surface area (Å²) in [6.45, 7) is 2.03. The third kappa shape index (κ3) is 3.96. The van der Waals surface area contributed by atoms with E-state index < -0.39 is 22.0 Å². The van der Waals surface area contributed by atoms with Crippen molar-refractivity contribution in [3.8, 4) is 0 Å². The van der Waals surface area contributed by atoms with Gasteiger partial charge in [0, 0.05) is 11.1 Å². The highest BCUT2D eigenvalue weighted by Gasteiger charge is 2.36. The molecule has 1 saturated carbocycles. The van der Waals surface area contributed by atoms with Gasteiger partial charge in [-0.05, 0) is 44.0 Å². The number of benzene rings is 1. The standard InChI is InChI=1S/C14H18ClNO4S/c1-2-20-14(17)12-4-3-5-13(12)16-21(18,19)11-8-6-10(15)7-9-11/h6-9,12-13,16H,2-5H2,1H3/t12-,13+/m0/s1. The molecule has 0 saturated heterocycles. The van der Waals surface area contributed by atoms with Crippen molar-refractivity contribution < 1.29 is 17.9 Å². The summed E-state index contributed by atoms with van der Waals surface area (Å²) in [6.07, 6.45) is 2.08. The minimum atomic E-state index is -3.66. The van der Waals surface area contributed by atoms with Crippen molar-refractivity contribution in [1.82, 2.24) is 4.72 Å². The first-order valence-corrected chi connectivity index (χ1v) is 8.74. The van der Waals surface area contributed by atoms with Gasteiger partial charge in [0.1, 0.15) is 0 Å². The highest BCUT2D eigenvalue weighted by molar-refractivity contribution is 7.89. The van der Waals surface area contributed by atoms with E-state index >= 15 is 0 Å². The predicted octanol–water partition coefficient (Wildman–Crippen LogP) is 2.35. The Labute approximate surface area is 129 Å². The van der Waals surface area contributed by atoms with Gasteiger partial charge in [0.05, 0.1) is 17.4 Å². The van der Waals surface area contributed by atoms with Crippen LogP contribution in [-0.2, 0) is 19.6 Å². The molecule has 0 spiro atoms. The number of carbonyl (C=O) groups is 1. The number of ether oxygens (including phenoxy) is 1. The molecule has 0 amide bonds. The molecule has 0 radical (unpaired) electrons. The maximum atomic E-state index is 12.3. The van der Waals surface area contributed by atoms with Crippen molar-refractivity contribution in [2.24, 2.45) is 5.92 Å². The zero-order chi connectivity index (χ0) is 15.5. The minimum Gasteiger partial charge on any atom is -0.466 e. The average Bonchev–Trinajstić information content (AvgIpc) is 2.87. The van der Waals surface area contributed by atoms with E-state index in [4.69, 9.17) is 16.3 Å². The molecule has 1 aliphatic rings. The Balaban J connectivity index is 2.12. The highest BCUT2D eigenvalue weighted by Crippen LogP contribution is 2.28. The van der Waals surface area contributed by atoms with E-state index in [0.29, 0.717) is 24.5 Å². The van der Waals surface area contributed by atoms with Crippen LogP contribution < -0.4 is 4.72 Å². The van der Waals surface area contributed by atoms with Crippen LogP contribution in [0, 0.1) is 5.92 Å². The highest BCUT2D eigenvalue weighted by atomic mass is 35.5. The van der Waals surface area contributed by atoms with Gasteiger partial charge < -0.3 is 4.74 Å². The van der Waals surface area contributed by atoms with Crippen LogP contribution in [0.15, 0.2) is 29.2 Å². The number of hydrogen-bond acceptors (Lipinski definition) is 4. The molecule has 2 atom stereocenters. The van der Waals surface area contributed by atoms with Gasteiger partial charge in [-0.3, -0.25) is 4.79 Å². The molecule has 2 rings (SSSR count). The number of halogens is 1. The van der Waals surface area contributed by atoms with Crippen molar-refractivity contribution in [2.75, 3.05) is 6.61 Å². The molecule has 7 heteroatoms. The Morgan fingerprint density at radius 3 is 2.62 bits per heavy atom. The fraction of sp³-hybridized carbons (Fsp3) is 0.500. The third-order valence-electron chi connectivity index (χ3n) is 3.54. The molecule has 5 nitrogen and oxygen atoms in total. The summed E-state index contributed by atoms with van der Waals surface area (Å²) in [6, 6.07) is 5.52. The Morgan fingerprint density at radius 1 is 1.33 bits per heavy atom. The van der Waals surface area contributed by atoms with E-state index in [9.17, 15) is 13.2 Å². The first kappa shape index (κ1) is 16.3. The quantitative estimate of drug-likeness (QED) is 0.841. The molecule has 1 aromatic rings. The lowest BCUT2D eigenvalue weighted by atomic mass is 10.1. The summed E-state index contributed by atoms with van der Waals surface area (Å²) in [5.74, 6) is -0.745. The van der Waals surface area contributed by atoms with Gasteiger partial charge in [0.25, 0.3) is 0 Å². The van der Waals surface area contributed by atoms with E-state index in [0.717, 1.165) is 6.42 Å². The Bertz CT molecular complexity index is 600. The number of esters is 1. The maximum absolute atomic E-state index is 12.3. The van der Waals surface area contributed by atoms with E-state index in [1.165, 1.54) is 24.3 Å². The predicted molar refractivity (Wildman–Crippen MR) is 79.5 cm³/mol. The third-order valence-corrected chi connectivity index (χ3v) is 5.29. The fourth-order valence-corrected chi connectivity index (χ4v) is 3.95. The Kier molecular flexibility index (Phi) is 5.24. The van der Waals surface area contributed by atoms with Crippen LogP contribution in [0.25, 0.3) is 0 Å². The van der Waals surface area contributed by atoms with Gasteiger partial charge in [-0.1, -0.05) is 18.0 Å². The smallest absolute Gasteiger partial charge is 0.310 e. The molecule has 0 unspecified atom stereocenters. The second-order valence-corrected chi connectivity index (χ2v) is 7.12. The number of sulfonamides is 1. The molecule has 1 aromatic carbocycles. The van der Waals surface area contributed by atoms with Gasteiger partial charge >= 0.3 is 5.97 Å². The van der Waals surface area contributed by atoms with E-state index in [-0.39, 0.29) is 10.9 Å². The molecule has 0 aliphatic heterocycles. The minimum absolute atomic E-state index is 0.140. The van der Waals surface area contributed by atoms with Crippen LogP contribution in [0.1, 0.15) is 26.2 Å². The number of carbonyl (C=O) groups excluding carboxylic acids is 1. The van der Waals surface area contributed by atoms with Crippen LogP contribution in [0.4, 0.5) is 0 Å². The van der Waals surface area contributed by atoms with Gasteiger partial charge in [-0.25, -0.2) is 13.1 Å². The zero-order valence-corrected chi connectivity index (χ0v) is 13.3. The molecule has 1 N–H and O–H groups in total. The average molecular weight is 332 g/mol. The summed E-state index contributed by atoms with van der Waals surface area (Å²) in [4.78, 5) is 12.0. The summed E-state index contributed by atoms with van der Waals surface area (Å²) in [7, 11) is -3.66. The summed E-state index contributed by atoms with van der Waals surface area (Å²) >= 11 is 5.76. The lowest BCUT2D eigenvalue weighted by Gasteiger charge is -2.19. The molecule has 116 valence electrons.